The summed E-state index contributed by atoms with van der Waals surface area (Å²) < 4.78 is 56.0. The quantitative estimate of drug-likeness (QED) is 0.748. The molecule has 4 nitrogen and oxygen atoms in total. The number of alkyl halides is 3. The Labute approximate surface area is 142 Å². The van der Waals surface area contributed by atoms with Crippen molar-refractivity contribution in [1.29, 1.82) is 0 Å². The van der Waals surface area contributed by atoms with Gasteiger partial charge in [0.05, 0.1) is 18.1 Å². The Morgan fingerprint density at radius 3 is 2.50 bits per heavy atom. The van der Waals surface area contributed by atoms with Crippen molar-refractivity contribution >= 4 is 17.6 Å². The van der Waals surface area contributed by atoms with Gasteiger partial charge < -0.3 is 14.2 Å². The molecule has 1 aromatic rings. The molecule has 1 aliphatic rings. The first-order valence-corrected chi connectivity index (χ1v) is 7.65. The molecule has 1 aliphatic heterocycles. The number of hydrogen-bond acceptors (Lipinski definition) is 4. The predicted molar refractivity (Wildman–Crippen MR) is 81.0 cm³/mol. The zero-order chi connectivity index (χ0) is 18.3. The number of carbonyl (C=O) groups excluding carboxylic acids is 1. The minimum Gasteiger partial charge on any atom is -0.495 e. The number of ether oxygens (including phenoxy) is 3. The third kappa shape index (κ3) is 3.07. The highest BCUT2D eigenvalue weighted by Crippen LogP contribution is 2.55. The fourth-order valence-electron chi connectivity index (χ4n) is 3.01. The predicted octanol–water partition coefficient (Wildman–Crippen LogP) is 4.31. The first kappa shape index (κ1) is 18.9. The van der Waals surface area contributed by atoms with Gasteiger partial charge in [0.25, 0.3) is 0 Å². The molecule has 8 heteroatoms. The van der Waals surface area contributed by atoms with Gasteiger partial charge in [0.15, 0.2) is 5.60 Å². The van der Waals surface area contributed by atoms with Gasteiger partial charge in [-0.25, -0.2) is 0 Å². The van der Waals surface area contributed by atoms with Crippen LogP contribution in [0.2, 0.25) is 5.02 Å². The van der Waals surface area contributed by atoms with E-state index in [9.17, 15) is 18.0 Å². The highest BCUT2D eigenvalue weighted by Gasteiger charge is 2.65. The Hall–Kier alpha value is -1.47. The van der Waals surface area contributed by atoms with E-state index < -0.39 is 35.9 Å². The van der Waals surface area contributed by atoms with Crippen molar-refractivity contribution < 1.29 is 32.2 Å². The van der Waals surface area contributed by atoms with Crippen molar-refractivity contribution in [2.75, 3.05) is 7.11 Å². The molecule has 0 spiro atoms. The standard InChI is InChI=1S/C16H18ClF3O4/c1-8-12(10-6-5-7-11(17)13(10)22-4)14(23-9(2)21)24-15(8,3)16(18,19)20/h5-8,12,14H,1-4H3/t8-,12-,14?,15+/m0/s1. The highest BCUT2D eigenvalue weighted by atomic mass is 35.5. The molecule has 2 rings (SSSR count). The average Bonchev–Trinajstić information content (AvgIpc) is 2.70. The van der Waals surface area contributed by atoms with Crippen LogP contribution in [0.5, 0.6) is 5.75 Å². The van der Waals surface area contributed by atoms with Crippen LogP contribution in [0.15, 0.2) is 18.2 Å². The Bertz CT molecular complexity index is 634. The Balaban J connectivity index is 2.56. The summed E-state index contributed by atoms with van der Waals surface area (Å²) in [6.07, 6.45) is -6.03. The molecule has 24 heavy (non-hydrogen) atoms. The van der Waals surface area contributed by atoms with Crippen molar-refractivity contribution in [3.05, 3.63) is 28.8 Å². The molecule has 134 valence electrons. The molecule has 1 aromatic carbocycles. The van der Waals surface area contributed by atoms with E-state index in [-0.39, 0.29) is 10.8 Å². The first-order chi connectivity index (χ1) is 11.0. The maximum absolute atomic E-state index is 13.5. The van der Waals surface area contributed by atoms with E-state index in [0.717, 1.165) is 13.8 Å². The molecular formula is C16H18ClF3O4. The average molecular weight is 367 g/mol. The second-order valence-electron chi connectivity index (χ2n) is 5.88. The van der Waals surface area contributed by atoms with E-state index >= 15 is 0 Å². The van der Waals surface area contributed by atoms with Crippen LogP contribution in [-0.4, -0.2) is 31.1 Å². The normalized spacial score (nSPS) is 30.2. The van der Waals surface area contributed by atoms with Crippen molar-refractivity contribution in [3.8, 4) is 5.75 Å². The molecule has 1 fully saturated rings. The van der Waals surface area contributed by atoms with Gasteiger partial charge in [-0.1, -0.05) is 30.7 Å². The lowest BCUT2D eigenvalue weighted by Crippen LogP contribution is -2.47. The van der Waals surface area contributed by atoms with Gasteiger partial charge in [-0.05, 0) is 13.0 Å². The van der Waals surface area contributed by atoms with Gasteiger partial charge in [0.2, 0.25) is 6.29 Å². The monoisotopic (exact) mass is 366 g/mol. The summed E-state index contributed by atoms with van der Waals surface area (Å²) in [5.41, 5.74) is -2.07. The molecule has 0 radical (unpaired) electrons. The van der Waals surface area contributed by atoms with Crippen LogP contribution in [0.3, 0.4) is 0 Å². The smallest absolute Gasteiger partial charge is 0.417 e. The number of carbonyl (C=O) groups is 1. The third-order valence-electron chi connectivity index (χ3n) is 4.47. The van der Waals surface area contributed by atoms with Gasteiger partial charge in [-0.3, -0.25) is 4.79 Å². The molecule has 0 saturated carbocycles. The summed E-state index contributed by atoms with van der Waals surface area (Å²) in [6, 6.07) is 4.75. The van der Waals surface area contributed by atoms with Crippen molar-refractivity contribution in [3.63, 3.8) is 0 Å². The largest absolute Gasteiger partial charge is 0.495 e. The second kappa shape index (κ2) is 6.44. The van der Waals surface area contributed by atoms with Gasteiger partial charge in [0.1, 0.15) is 5.75 Å². The van der Waals surface area contributed by atoms with E-state index in [1.165, 1.54) is 14.0 Å². The fraction of sp³-hybridized carbons (Fsp3) is 0.562. The SMILES string of the molecule is COc1c(Cl)cccc1[C@H]1C(OC(C)=O)O[C@@](C)(C(F)(F)F)[C@H]1C. The summed E-state index contributed by atoms with van der Waals surface area (Å²) in [6.45, 7) is 3.47. The van der Waals surface area contributed by atoms with Crippen LogP contribution in [0.1, 0.15) is 32.3 Å². The van der Waals surface area contributed by atoms with Gasteiger partial charge in [-0.15, -0.1) is 0 Å². The second-order valence-corrected chi connectivity index (χ2v) is 6.28. The Kier molecular flexibility index (Phi) is 5.06. The molecular weight excluding hydrogens is 349 g/mol. The topological polar surface area (TPSA) is 44.8 Å². The third-order valence-corrected chi connectivity index (χ3v) is 4.77. The Morgan fingerprint density at radius 2 is 2.00 bits per heavy atom. The van der Waals surface area contributed by atoms with E-state index in [1.54, 1.807) is 18.2 Å². The number of para-hydroxylation sites is 1. The minimum atomic E-state index is -4.63. The summed E-state index contributed by atoms with van der Waals surface area (Å²) >= 11 is 6.07. The molecule has 1 unspecified atom stereocenters. The number of methoxy groups -OCH3 is 1. The van der Waals surface area contributed by atoms with E-state index in [2.05, 4.69) is 0 Å². The highest BCUT2D eigenvalue weighted by molar-refractivity contribution is 6.32. The van der Waals surface area contributed by atoms with E-state index in [1.807, 2.05) is 0 Å². The molecule has 1 saturated heterocycles. The van der Waals surface area contributed by atoms with Gasteiger partial charge in [0, 0.05) is 18.4 Å². The molecule has 0 aromatic heterocycles. The number of rotatable bonds is 3. The maximum atomic E-state index is 13.5. The zero-order valence-corrected chi connectivity index (χ0v) is 14.4. The van der Waals surface area contributed by atoms with Crippen LogP contribution in [0.4, 0.5) is 13.2 Å². The van der Waals surface area contributed by atoms with Crippen LogP contribution < -0.4 is 4.74 Å². The van der Waals surface area contributed by atoms with Crippen molar-refractivity contribution in [2.24, 2.45) is 5.92 Å². The minimum absolute atomic E-state index is 0.239. The molecule has 1 heterocycles. The number of hydrogen-bond donors (Lipinski definition) is 0. The maximum Gasteiger partial charge on any atom is 0.417 e. The molecule has 0 amide bonds. The molecule has 0 bridgehead atoms. The zero-order valence-electron chi connectivity index (χ0n) is 13.6. The number of halogens is 4. The lowest BCUT2D eigenvalue weighted by Gasteiger charge is -2.31. The summed E-state index contributed by atoms with van der Waals surface area (Å²) in [4.78, 5) is 11.3. The first-order valence-electron chi connectivity index (χ1n) is 7.27. The number of esters is 1. The number of benzene rings is 1. The molecule has 0 N–H and O–H groups in total. The lowest BCUT2D eigenvalue weighted by atomic mass is 9.79. The van der Waals surface area contributed by atoms with Gasteiger partial charge >= 0.3 is 12.1 Å². The van der Waals surface area contributed by atoms with Crippen molar-refractivity contribution in [2.45, 2.75) is 44.8 Å². The molecule has 0 aliphatic carbocycles. The fourth-order valence-corrected chi connectivity index (χ4v) is 3.26. The van der Waals surface area contributed by atoms with Gasteiger partial charge in [-0.2, -0.15) is 13.2 Å². The van der Waals surface area contributed by atoms with Crippen LogP contribution in [0.25, 0.3) is 0 Å². The van der Waals surface area contributed by atoms with E-state index in [0.29, 0.717) is 5.56 Å². The summed E-state index contributed by atoms with van der Waals surface area (Å²) in [5, 5.41) is 0.254. The Morgan fingerprint density at radius 1 is 1.38 bits per heavy atom. The molecule has 4 atom stereocenters. The summed E-state index contributed by atoms with van der Waals surface area (Å²) in [5.74, 6) is -2.41. The van der Waals surface area contributed by atoms with E-state index in [4.69, 9.17) is 25.8 Å². The summed E-state index contributed by atoms with van der Waals surface area (Å²) in [7, 11) is 1.37. The van der Waals surface area contributed by atoms with Crippen LogP contribution in [-0.2, 0) is 14.3 Å². The lowest BCUT2D eigenvalue weighted by molar-refractivity contribution is -0.293. The van der Waals surface area contributed by atoms with Crippen LogP contribution >= 0.6 is 11.6 Å². The van der Waals surface area contributed by atoms with Crippen molar-refractivity contribution in [1.82, 2.24) is 0 Å². The van der Waals surface area contributed by atoms with Crippen LogP contribution in [0, 0.1) is 5.92 Å².